The van der Waals surface area contributed by atoms with E-state index in [2.05, 4.69) is 22.4 Å². The van der Waals surface area contributed by atoms with Gasteiger partial charge in [-0.3, -0.25) is 4.68 Å². The van der Waals surface area contributed by atoms with E-state index >= 15 is 0 Å². The molecule has 0 saturated heterocycles. The average Bonchev–Trinajstić information content (AvgIpc) is 2.88. The van der Waals surface area contributed by atoms with E-state index in [4.69, 9.17) is 5.73 Å². The maximum Gasteiger partial charge on any atom is 0.0947 e. The first kappa shape index (κ1) is 12.3. The van der Waals surface area contributed by atoms with Gasteiger partial charge in [-0.25, -0.2) is 4.98 Å². The second kappa shape index (κ2) is 5.42. The van der Waals surface area contributed by atoms with Crippen molar-refractivity contribution in [1.29, 1.82) is 0 Å². The minimum atomic E-state index is -0.0189. The largest absolute Gasteiger partial charge is 0.322 e. The SMILES string of the molecule is CCCn1nccc1C(N)Cc1nc(C)cs1. The molecule has 0 aliphatic rings. The van der Waals surface area contributed by atoms with Crippen LogP contribution in [0, 0.1) is 6.92 Å². The highest BCUT2D eigenvalue weighted by Gasteiger charge is 2.13. The Labute approximate surface area is 105 Å². The van der Waals surface area contributed by atoms with Crippen LogP contribution >= 0.6 is 11.3 Å². The molecule has 0 aliphatic heterocycles. The molecule has 0 bridgehead atoms. The van der Waals surface area contributed by atoms with Crippen molar-refractivity contribution < 1.29 is 0 Å². The summed E-state index contributed by atoms with van der Waals surface area (Å²) in [5.74, 6) is 0. The zero-order valence-corrected chi connectivity index (χ0v) is 11.1. The van der Waals surface area contributed by atoms with Gasteiger partial charge < -0.3 is 5.73 Å². The molecule has 0 aliphatic carbocycles. The highest BCUT2D eigenvalue weighted by molar-refractivity contribution is 7.09. The quantitative estimate of drug-likeness (QED) is 0.886. The van der Waals surface area contributed by atoms with Crippen LogP contribution in [0.25, 0.3) is 0 Å². The van der Waals surface area contributed by atoms with E-state index in [1.54, 1.807) is 11.3 Å². The number of hydrogen-bond acceptors (Lipinski definition) is 4. The zero-order chi connectivity index (χ0) is 12.3. The van der Waals surface area contributed by atoms with Crippen molar-refractivity contribution in [3.05, 3.63) is 34.0 Å². The molecule has 92 valence electrons. The van der Waals surface area contributed by atoms with Gasteiger partial charge in [0, 0.05) is 30.2 Å². The van der Waals surface area contributed by atoms with Gasteiger partial charge in [-0.15, -0.1) is 11.3 Å². The topological polar surface area (TPSA) is 56.7 Å². The van der Waals surface area contributed by atoms with Gasteiger partial charge in [0.2, 0.25) is 0 Å². The fourth-order valence-electron chi connectivity index (χ4n) is 1.85. The summed E-state index contributed by atoms with van der Waals surface area (Å²) in [5, 5.41) is 7.45. The van der Waals surface area contributed by atoms with E-state index in [0.717, 1.165) is 35.8 Å². The molecule has 2 heterocycles. The predicted molar refractivity (Wildman–Crippen MR) is 70.0 cm³/mol. The Morgan fingerprint density at radius 1 is 1.53 bits per heavy atom. The van der Waals surface area contributed by atoms with Gasteiger partial charge in [-0.2, -0.15) is 5.10 Å². The van der Waals surface area contributed by atoms with Crippen LogP contribution in [0.3, 0.4) is 0 Å². The first-order valence-corrected chi connectivity index (χ1v) is 6.77. The van der Waals surface area contributed by atoms with Crippen LogP contribution < -0.4 is 5.73 Å². The molecule has 0 aromatic carbocycles. The lowest BCUT2D eigenvalue weighted by atomic mass is 10.1. The molecular formula is C12H18N4S. The Bertz CT molecular complexity index is 474. The maximum atomic E-state index is 6.22. The highest BCUT2D eigenvalue weighted by Crippen LogP contribution is 2.18. The molecule has 0 spiro atoms. The summed E-state index contributed by atoms with van der Waals surface area (Å²) in [7, 11) is 0. The third kappa shape index (κ3) is 2.92. The number of nitrogens with two attached hydrogens (primary N) is 1. The van der Waals surface area contributed by atoms with Gasteiger partial charge in [0.1, 0.15) is 0 Å². The Hall–Kier alpha value is -1.20. The molecule has 2 N–H and O–H groups in total. The van der Waals surface area contributed by atoms with Gasteiger partial charge in [-0.05, 0) is 19.4 Å². The summed E-state index contributed by atoms with van der Waals surface area (Å²) >= 11 is 1.67. The number of thiazole rings is 1. The summed E-state index contributed by atoms with van der Waals surface area (Å²) < 4.78 is 1.99. The smallest absolute Gasteiger partial charge is 0.0947 e. The van der Waals surface area contributed by atoms with E-state index in [9.17, 15) is 0 Å². The molecule has 0 radical (unpaired) electrons. The Balaban J connectivity index is 2.08. The monoisotopic (exact) mass is 250 g/mol. The number of hydrogen-bond donors (Lipinski definition) is 1. The van der Waals surface area contributed by atoms with Crippen LogP contribution in [0.1, 0.15) is 35.8 Å². The minimum Gasteiger partial charge on any atom is -0.322 e. The van der Waals surface area contributed by atoms with Crippen molar-refractivity contribution >= 4 is 11.3 Å². The van der Waals surface area contributed by atoms with Crippen LogP contribution in [0.2, 0.25) is 0 Å². The molecule has 2 rings (SSSR count). The maximum absolute atomic E-state index is 6.22. The molecule has 0 amide bonds. The number of rotatable bonds is 5. The van der Waals surface area contributed by atoms with Crippen LogP contribution in [-0.4, -0.2) is 14.8 Å². The van der Waals surface area contributed by atoms with E-state index in [0.29, 0.717) is 0 Å². The lowest BCUT2D eigenvalue weighted by Gasteiger charge is -2.12. The first-order valence-electron chi connectivity index (χ1n) is 5.89. The summed E-state index contributed by atoms with van der Waals surface area (Å²) in [6.45, 7) is 5.07. The Morgan fingerprint density at radius 2 is 2.35 bits per heavy atom. The Morgan fingerprint density at radius 3 is 3.00 bits per heavy atom. The van der Waals surface area contributed by atoms with Gasteiger partial charge in [-0.1, -0.05) is 6.92 Å². The normalized spacial score (nSPS) is 12.9. The van der Waals surface area contributed by atoms with E-state index < -0.39 is 0 Å². The minimum absolute atomic E-state index is 0.0189. The lowest BCUT2D eigenvalue weighted by molar-refractivity contribution is 0.537. The fraction of sp³-hybridized carbons (Fsp3) is 0.500. The van der Waals surface area contributed by atoms with Crippen LogP contribution in [0.4, 0.5) is 0 Å². The van der Waals surface area contributed by atoms with E-state index in [1.807, 2.05) is 23.9 Å². The van der Waals surface area contributed by atoms with Crippen molar-refractivity contribution in [2.75, 3.05) is 0 Å². The van der Waals surface area contributed by atoms with E-state index in [-0.39, 0.29) is 6.04 Å². The summed E-state index contributed by atoms with van der Waals surface area (Å²) in [5.41, 5.74) is 8.38. The molecule has 0 fully saturated rings. The molecule has 1 unspecified atom stereocenters. The van der Waals surface area contributed by atoms with Gasteiger partial charge >= 0.3 is 0 Å². The molecule has 1 atom stereocenters. The van der Waals surface area contributed by atoms with Gasteiger partial charge in [0.15, 0.2) is 0 Å². The molecule has 4 nitrogen and oxygen atoms in total. The third-order valence-electron chi connectivity index (χ3n) is 2.63. The second-order valence-corrected chi connectivity index (χ2v) is 5.12. The number of aromatic nitrogens is 3. The number of aryl methyl sites for hydroxylation is 2. The summed E-state index contributed by atoms with van der Waals surface area (Å²) in [6.07, 6.45) is 3.67. The highest BCUT2D eigenvalue weighted by atomic mass is 32.1. The van der Waals surface area contributed by atoms with Crippen molar-refractivity contribution in [1.82, 2.24) is 14.8 Å². The van der Waals surface area contributed by atoms with Crippen LogP contribution in [0.15, 0.2) is 17.6 Å². The van der Waals surface area contributed by atoms with E-state index in [1.165, 1.54) is 0 Å². The van der Waals surface area contributed by atoms with Crippen LogP contribution in [0.5, 0.6) is 0 Å². The molecule has 2 aromatic rings. The van der Waals surface area contributed by atoms with Gasteiger partial charge in [0.25, 0.3) is 0 Å². The zero-order valence-electron chi connectivity index (χ0n) is 10.3. The molecule has 5 heteroatoms. The second-order valence-electron chi connectivity index (χ2n) is 4.17. The molecule has 0 saturated carbocycles. The summed E-state index contributed by atoms with van der Waals surface area (Å²) in [4.78, 5) is 4.45. The average molecular weight is 250 g/mol. The fourth-order valence-corrected chi connectivity index (χ4v) is 2.68. The van der Waals surface area contributed by atoms with Gasteiger partial charge in [0.05, 0.1) is 16.7 Å². The summed E-state index contributed by atoms with van der Waals surface area (Å²) in [6, 6.07) is 1.98. The molecular weight excluding hydrogens is 232 g/mol. The standard InChI is InChI=1S/C12H18N4S/c1-3-6-16-11(4-5-14-16)10(13)7-12-15-9(2)8-17-12/h4-5,8,10H,3,6-7,13H2,1-2H3. The molecule has 17 heavy (non-hydrogen) atoms. The Kier molecular flexibility index (Phi) is 3.91. The van der Waals surface area contributed by atoms with Crippen molar-refractivity contribution in [3.63, 3.8) is 0 Å². The van der Waals surface area contributed by atoms with Crippen molar-refractivity contribution in [2.24, 2.45) is 5.73 Å². The predicted octanol–water partition coefficient (Wildman–Crippen LogP) is 2.30. The molecule has 2 aromatic heterocycles. The van der Waals surface area contributed by atoms with Crippen molar-refractivity contribution in [2.45, 2.75) is 39.3 Å². The third-order valence-corrected chi connectivity index (χ3v) is 3.61. The lowest BCUT2D eigenvalue weighted by Crippen LogP contribution is -2.18. The number of nitrogens with zero attached hydrogens (tertiary/aromatic N) is 3. The van der Waals surface area contributed by atoms with Crippen molar-refractivity contribution in [3.8, 4) is 0 Å². The first-order chi connectivity index (χ1) is 8.20. The van der Waals surface area contributed by atoms with Crippen LogP contribution in [-0.2, 0) is 13.0 Å².